The summed E-state index contributed by atoms with van der Waals surface area (Å²) in [5.74, 6) is 2.57. The Labute approximate surface area is 179 Å². The number of hydrogen-bond donors (Lipinski definition) is 1. The number of anilines is 1. The number of aromatic nitrogens is 2. The molecule has 0 fully saturated rings. The summed E-state index contributed by atoms with van der Waals surface area (Å²) in [7, 11) is 3.22. The quantitative estimate of drug-likeness (QED) is 0.335. The Bertz CT molecular complexity index is 1210. The minimum atomic E-state index is 0.588. The minimum Gasteiger partial charge on any atom is -0.497 e. The van der Waals surface area contributed by atoms with Gasteiger partial charge in [0.05, 0.1) is 26.0 Å². The normalized spacial score (nSPS) is 11.0. The number of benzene rings is 3. The predicted molar refractivity (Wildman–Crippen MR) is 121 cm³/mol. The molecule has 3 aromatic carbocycles. The van der Waals surface area contributed by atoms with Crippen LogP contribution in [-0.4, -0.2) is 30.4 Å². The Hall–Kier alpha value is -3.64. The summed E-state index contributed by atoms with van der Waals surface area (Å²) in [5, 5.41) is 5.90. The molecule has 0 aliphatic rings. The van der Waals surface area contributed by atoms with E-state index in [1.165, 1.54) is 0 Å². The van der Waals surface area contributed by atoms with Crippen molar-refractivity contribution in [2.45, 2.75) is 0 Å². The van der Waals surface area contributed by atoms with Crippen LogP contribution in [0.15, 0.2) is 71.8 Å². The van der Waals surface area contributed by atoms with Gasteiger partial charge < -0.3 is 9.47 Å². The summed E-state index contributed by atoms with van der Waals surface area (Å²) in [5.41, 5.74) is 5.54. The van der Waals surface area contributed by atoms with E-state index in [0.717, 1.165) is 22.0 Å². The number of fused-ring (bicyclic) bond motifs is 1. The topological polar surface area (TPSA) is 68.6 Å². The van der Waals surface area contributed by atoms with Gasteiger partial charge in [0.25, 0.3) is 0 Å². The van der Waals surface area contributed by atoms with E-state index >= 15 is 0 Å². The van der Waals surface area contributed by atoms with Crippen molar-refractivity contribution < 1.29 is 9.47 Å². The Morgan fingerprint density at radius 2 is 1.73 bits per heavy atom. The highest BCUT2D eigenvalue weighted by molar-refractivity contribution is 6.30. The van der Waals surface area contributed by atoms with E-state index in [9.17, 15) is 0 Å². The summed E-state index contributed by atoms with van der Waals surface area (Å²) in [6, 6.07) is 20.7. The van der Waals surface area contributed by atoms with Crippen molar-refractivity contribution in [2.75, 3.05) is 19.6 Å². The van der Waals surface area contributed by atoms with Crippen LogP contribution in [0.2, 0.25) is 5.02 Å². The fourth-order valence-electron chi connectivity index (χ4n) is 2.98. The molecule has 150 valence electrons. The summed E-state index contributed by atoms with van der Waals surface area (Å²) < 4.78 is 10.6. The SMILES string of the molecule is COc1ccc(C=NNc2nc(-c3ccc(Cl)cc3)nc3ccccc23)c(OC)c1. The third-order valence-electron chi connectivity index (χ3n) is 4.52. The fraction of sp³-hybridized carbons (Fsp3) is 0.0870. The molecule has 0 atom stereocenters. The van der Waals surface area contributed by atoms with E-state index in [1.54, 1.807) is 26.5 Å². The van der Waals surface area contributed by atoms with Crippen LogP contribution in [0.5, 0.6) is 11.5 Å². The van der Waals surface area contributed by atoms with Gasteiger partial charge in [-0.05, 0) is 48.5 Å². The van der Waals surface area contributed by atoms with E-state index in [-0.39, 0.29) is 0 Å². The smallest absolute Gasteiger partial charge is 0.162 e. The molecule has 0 spiro atoms. The van der Waals surface area contributed by atoms with Gasteiger partial charge in [-0.15, -0.1) is 0 Å². The number of hydrazone groups is 1. The molecule has 6 nitrogen and oxygen atoms in total. The second kappa shape index (κ2) is 8.80. The van der Waals surface area contributed by atoms with Gasteiger partial charge in [0.1, 0.15) is 11.5 Å². The zero-order valence-electron chi connectivity index (χ0n) is 16.5. The van der Waals surface area contributed by atoms with Crippen LogP contribution < -0.4 is 14.9 Å². The standard InChI is InChI=1S/C23H19ClN4O2/c1-29-18-12-9-16(21(13-18)30-2)14-25-28-23-19-5-3-4-6-20(19)26-22(27-23)15-7-10-17(24)11-8-15/h3-14H,1-2H3,(H,26,27,28). The molecule has 4 aromatic rings. The van der Waals surface area contributed by atoms with Gasteiger partial charge in [0.2, 0.25) is 0 Å². The molecule has 0 bridgehead atoms. The number of para-hydroxylation sites is 1. The van der Waals surface area contributed by atoms with Crippen molar-refractivity contribution in [2.24, 2.45) is 5.10 Å². The number of hydrogen-bond acceptors (Lipinski definition) is 6. The molecule has 0 aliphatic carbocycles. The number of halogens is 1. The van der Waals surface area contributed by atoms with E-state index in [2.05, 4.69) is 20.5 Å². The second-order valence-electron chi connectivity index (χ2n) is 6.40. The zero-order chi connectivity index (χ0) is 20.9. The molecular formula is C23H19ClN4O2. The van der Waals surface area contributed by atoms with Gasteiger partial charge in [-0.1, -0.05) is 23.7 Å². The second-order valence-corrected chi connectivity index (χ2v) is 6.83. The first-order chi connectivity index (χ1) is 14.7. The average molecular weight is 419 g/mol. The van der Waals surface area contributed by atoms with Gasteiger partial charge in [-0.2, -0.15) is 5.10 Å². The predicted octanol–water partition coefficient (Wildman–Crippen LogP) is 5.41. The molecule has 1 heterocycles. The van der Waals surface area contributed by atoms with Crippen molar-refractivity contribution in [1.82, 2.24) is 9.97 Å². The van der Waals surface area contributed by atoms with Crippen molar-refractivity contribution >= 4 is 34.5 Å². The van der Waals surface area contributed by atoms with Gasteiger partial charge in [-0.3, -0.25) is 5.43 Å². The summed E-state index contributed by atoms with van der Waals surface area (Å²) in [6.07, 6.45) is 1.68. The number of methoxy groups -OCH3 is 2. The number of ether oxygens (including phenoxy) is 2. The molecule has 1 N–H and O–H groups in total. The first kappa shape index (κ1) is 19.7. The number of nitrogens with one attached hydrogen (secondary N) is 1. The third-order valence-corrected chi connectivity index (χ3v) is 4.77. The lowest BCUT2D eigenvalue weighted by atomic mass is 10.2. The van der Waals surface area contributed by atoms with Crippen LogP contribution >= 0.6 is 11.6 Å². The lowest BCUT2D eigenvalue weighted by Crippen LogP contribution is -2.00. The first-order valence-electron chi connectivity index (χ1n) is 9.22. The van der Waals surface area contributed by atoms with E-state index < -0.39 is 0 Å². The molecular weight excluding hydrogens is 400 g/mol. The molecule has 0 saturated heterocycles. The van der Waals surface area contributed by atoms with Crippen LogP contribution in [0.3, 0.4) is 0 Å². The molecule has 0 radical (unpaired) electrons. The summed E-state index contributed by atoms with van der Waals surface area (Å²) in [6.45, 7) is 0. The maximum absolute atomic E-state index is 6.01. The Kier molecular flexibility index (Phi) is 5.77. The lowest BCUT2D eigenvalue weighted by molar-refractivity contribution is 0.394. The van der Waals surface area contributed by atoms with Gasteiger partial charge in [-0.25, -0.2) is 9.97 Å². The van der Waals surface area contributed by atoms with Gasteiger partial charge in [0.15, 0.2) is 11.6 Å². The van der Waals surface area contributed by atoms with Crippen LogP contribution in [0.25, 0.3) is 22.3 Å². The highest BCUT2D eigenvalue weighted by Gasteiger charge is 2.09. The molecule has 1 aromatic heterocycles. The zero-order valence-corrected chi connectivity index (χ0v) is 17.2. The summed E-state index contributed by atoms with van der Waals surface area (Å²) in [4.78, 5) is 9.34. The van der Waals surface area contributed by atoms with Crippen molar-refractivity contribution in [3.8, 4) is 22.9 Å². The summed E-state index contributed by atoms with van der Waals surface area (Å²) >= 11 is 6.01. The molecule has 0 saturated carbocycles. The molecule has 30 heavy (non-hydrogen) atoms. The third kappa shape index (κ3) is 4.18. The van der Waals surface area contributed by atoms with Crippen molar-refractivity contribution in [3.63, 3.8) is 0 Å². The van der Waals surface area contributed by atoms with Crippen molar-refractivity contribution in [1.29, 1.82) is 0 Å². The first-order valence-corrected chi connectivity index (χ1v) is 9.59. The molecule has 0 unspecified atom stereocenters. The molecule has 0 aliphatic heterocycles. The lowest BCUT2D eigenvalue weighted by Gasteiger charge is -2.09. The maximum Gasteiger partial charge on any atom is 0.162 e. The van der Waals surface area contributed by atoms with E-state index in [1.807, 2.05) is 60.7 Å². The highest BCUT2D eigenvalue weighted by Crippen LogP contribution is 2.26. The Morgan fingerprint density at radius 1 is 0.933 bits per heavy atom. The Morgan fingerprint density at radius 3 is 2.50 bits per heavy atom. The molecule has 4 rings (SSSR count). The molecule has 7 heteroatoms. The monoisotopic (exact) mass is 418 g/mol. The van der Waals surface area contributed by atoms with E-state index in [0.29, 0.717) is 28.2 Å². The van der Waals surface area contributed by atoms with Crippen LogP contribution in [0, 0.1) is 0 Å². The number of nitrogens with zero attached hydrogens (tertiary/aromatic N) is 3. The van der Waals surface area contributed by atoms with Crippen LogP contribution in [-0.2, 0) is 0 Å². The van der Waals surface area contributed by atoms with E-state index in [4.69, 9.17) is 21.1 Å². The molecule has 0 amide bonds. The fourth-order valence-corrected chi connectivity index (χ4v) is 3.10. The highest BCUT2D eigenvalue weighted by atomic mass is 35.5. The number of rotatable bonds is 6. The largest absolute Gasteiger partial charge is 0.497 e. The average Bonchev–Trinajstić information content (AvgIpc) is 2.79. The van der Waals surface area contributed by atoms with Crippen LogP contribution in [0.1, 0.15) is 5.56 Å². The maximum atomic E-state index is 6.01. The Balaban J connectivity index is 1.68. The van der Waals surface area contributed by atoms with Crippen molar-refractivity contribution in [3.05, 3.63) is 77.3 Å². The van der Waals surface area contributed by atoms with Crippen LogP contribution in [0.4, 0.5) is 5.82 Å². The van der Waals surface area contributed by atoms with Gasteiger partial charge >= 0.3 is 0 Å². The minimum absolute atomic E-state index is 0.588. The van der Waals surface area contributed by atoms with Gasteiger partial charge in [0, 0.05) is 27.6 Å².